The van der Waals surface area contributed by atoms with Gasteiger partial charge in [0.2, 0.25) is 0 Å². The van der Waals surface area contributed by atoms with Crippen LogP contribution in [0.1, 0.15) is 67.9 Å². The van der Waals surface area contributed by atoms with Gasteiger partial charge in [-0.25, -0.2) is 4.98 Å². The zero-order valence-electron chi connectivity index (χ0n) is 19.0. The molecular formula is C26H28N2O4. The predicted molar refractivity (Wildman–Crippen MR) is 124 cm³/mol. The van der Waals surface area contributed by atoms with Crippen molar-refractivity contribution in [3.05, 3.63) is 68.7 Å². The normalized spacial score (nSPS) is 19.1. The van der Waals surface area contributed by atoms with Crippen LogP contribution in [-0.2, 0) is 29.9 Å². The number of ether oxygens (including phenoxy) is 1. The van der Waals surface area contributed by atoms with Crippen molar-refractivity contribution in [3.63, 3.8) is 0 Å². The second-order valence-corrected chi connectivity index (χ2v) is 9.06. The Hall–Kier alpha value is -3.12. The molecule has 1 aromatic carbocycles. The summed E-state index contributed by atoms with van der Waals surface area (Å²) in [6.45, 7) is 12.5. The first-order valence-corrected chi connectivity index (χ1v) is 11.2. The molecule has 0 spiro atoms. The molecule has 2 N–H and O–H groups in total. The van der Waals surface area contributed by atoms with Crippen LogP contribution in [-0.4, -0.2) is 19.8 Å². The van der Waals surface area contributed by atoms with Gasteiger partial charge >= 0.3 is 0 Å². The van der Waals surface area contributed by atoms with Crippen LogP contribution >= 0.6 is 0 Å². The quantitative estimate of drug-likeness (QED) is 0.499. The summed E-state index contributed by atoms with van der Waals surface area (Å²) < 4.78 is 7.32. The van der Waals surface area contributed by atoms with Crippen LogP contribution in [0, 0.1) is 0 Å². The van der Waals surface area contributed by atoms with Crippen LogP contribution < -0.4 is 5.56 Å². The Labute approximate surface area is 186 Å². The highest BCUT2D eigenvalue weighted by Crippen LogP contribution is 2.44. The van der Waals surface area contributed by atoms with Crippen molar-refractivity contribution in [2.45, 2.75) is 65.2 Å². The van der Waals surface area contributed by atoms with Gasteiger partial charge in [-0.15, -0.1) is 0 Å². The maximum absolute atomic E-state index is 13.5. The molecular weight excluding hydrogens is 404 g/mol. The zero-order chi connectivity index (χ0) is 22.9. The van der Waals surface area contributed by atoms with E-state index in [1.165, 1.54) is 0 Å². The van der Waals surface area contributed by atoms with E-state index in [1.54, 1.807) is 10.6 Å². The van der Waals surface area contributed by atoms with Gasteiger partial charge in [-0.1, -0.05) is 34.3 Å². The molecule has 0 amide bonds. The summed E-state index contributed by atoms with van der Waals surface area (Å²) in [7, 11) is 0. The summed E-state index contributed by atoms with van der Waals surface area (Å²) in [6, 6.07) is 5.43. The lowest BCUT2D eigenvalue weighted by Crippen LogP contribution is -2.38. The molecule has 0 bridgehead atoms. The number of fused-ring (bicyclic) bond motifs is 5. The maximum atomic E-state index is 13.5. The molecule has 4 heterocycles. The molecule has 0 radical (unpaired) electrons. The van der Waals surface area contributed by atoms with Crippen molar-refractivity contribution in [1.29, 1.82) is 0 Å². The van der Waals surface area contributed by atoms with E-state index in [0.717, 1.165) is 39.7 Å². The standard InChI is InChI=1S/C26H28N2O4/c1-6-15-16-11-28-20(10-18-17(25(28)30)12-32-14(5)26(18,31)7-2)24(16)27-19-8-9-21(29)22(13(3)4)23(15)19/h8-10,13,29,31H,5-7,11-12H2,1-4H3/t26-/m1/s1. The number of aliphatic hydroxyl groups is 1. The molecule has 0 aliphatic carbocycles. The molecule has 2 aliphatic rings. The van der Waals surface area contributed by atoms with Crippen molar-refractivity contribution < 1.29 is 14.9 Å². The Balaban J connectivity index is 1.85. The molecule has 0 saturated carbocycles. The van der Waals surface area contributed by atoms with Crippen LogP contribution in [0.15, 0.2) is 35.3 Å². The van der Waals surface area contributed by atoms with Gasteiger partial charge in [-0.2, -0.15) is 0 Å². The van der Waals surface area contributed by atoms with E-state index in [-0.39, 0.29) is 29.6 Å². The lowest BCUT2D eigenvalue weighted by Gasteiger charge is -2.35. The number of pyridine rings is 2. The number of nitrogens with zero attached hydrogens (tertiary/aromatic N) is 2. The molecule has 32 heavy (non-hydrogen) atoms. The highest BCUT2D eigenvalue weighted by molar-refractivity contribution is 5.92. The largest absolute Gasteiger partial charge is 0.508 e. The van der Waals surface area contributed by atoms with E-state index < -0.39 is 5.60 Å². The van der Waals surface area contributed by atoms with Crippen LogP contribution in [0.3, 0.4) is 0 Å². The molecule has 1 atom stereocenters. The minimum Gasteiger partial charge on any atom is -0.508 e. The molecule has 0 saturated heterocycles. The monoisotopic (exact) mass is 432 g/mol. The molecule has 166 valence electrons. The number of rotatable bonds is 3. The molecule has 0 unspecified atom stereocenters. The van der Waals surface area contributed by atoms with Crippen molar-refractivity contribution in [2.75, 3.05) is 0 Å². The fourth-order valence-corrected chi connectivity index (χ4v) is 5.37. The van der Waals surface area contributed by atoms with E-state index in [0.29, 0.717) is 29.8 Å². The van der Waals surface area contributed by atoms with Crippen molar-refractivity contribution in [2.24, 2.45) is 0 Å². The van der Waals surface area contributed by atoms with E-state index in [4.69, 9.17) is 9.72 Å². The van der Waals surface area contributed by atoms with Gasteiger partial charge in [0.15, 0.2) is 0 Å². The summed E-state index contributed by atoms with van der Waals surface area (Å²) in [4.78, 5) is 18.4. The second kappa shape index (κ2) is 6.94. The molecule has 3 aromatic rings. The lowest BCUT2D eigenvalue weighted by atomic mass is 9.84. The summed E-state index contributed by atoms with van der Waals surface area (Å²) in [5.41, 5.74) is 4.77. The Bertz CT molecular complexity index is 1370. The average Bonchev–Trinajstić information content (AvgIpc) is 3.13. The number of aromatic hydroxyl groups is 1. The van der Waals surface area contributed by atoms with Crippen LogP contribution in [0.2, 0.25) is 0 Å². The van der Waals surface area contributed by atoms with Crippen molar-refractivity contribution >= 4 is 10.9 Å². The van der Waals surface area contributed by atoms with E-state index >= 15 is 0 Å². The highest BCUT2D eigenvalue weighted by Gasteiger charge is 2.41. The third-order valence-corrected chi connectivity index (χ3v) is 7.08. The number of aryl methyl sites for hydroxylation is 1. The van der Waals surface area contributed by atoms with Crippen molar-refractivity contribution in [3.8, 4) is 17.1 Å². The predicted octanol–water partition coefficient (Wildman–Crippen LogP) is 4.46. The topological polar surface area (TPSA) is 84.6 Å². The number of hydrogen-bond donors (Lipinski definition) is 2. The van der Waals surface area contributed by atoms with Crippen LogP contribution in [0.25, 0.3) is 22.3 Å². The van der Waals surface area contributed by atoms with Gasteiger partial charge in [0.1, 0.15) is 23.7 Å². The molecule has 5 rings (SSSR count). The number of phenols is 1. The molecule has 2 aliphatic heterocycles. The fraction of sp³-hybridized carbons (Fsp3) is 0.385. The van der Waals surface area contributed by atoms with Gasteiger partial charge in [0.25, 0.3) is 5.56 Å². The third kappa shape index (κ3) is 2.56. The van der Waals surface area contributed by atoms with Crippen molar-refractivity contribution in [1.82, 2.24) is 9.55 Å². The lowest BCUT2D eigenvalue weighted by molar-refractivity contribution is -0.0172. The van der Waals surface area contributed by atoms with Crippen LogP contribution in [0.4, 0.5) is 0 Å². The highest BCUT2D eigenvalue weighted by atomic mass is 16.5. The Morgan fingerprint density at radius 1 is 1.28 bits per heavy atom. The molecule has 6 heteroatoms. The Kier molecular flexibility index (Phi) is 4.50. The zero-order valence-corrected chi connectivity index (χ0v) is 19.0. The summed E-state index contributed by atoms with van der Waals surface area (Å²) in [5.74, 6) is 0.675. The first kappa shape index (κ1) is 20.8. The maximum Gasteiger partial charge on any atom is 0.258 e. The number of phenolic OH excluding ortho intramolecular Hbond substituents is 1. The van der Waals surface area contributed by atoms with Gasteiger partial charge in [-0.3, -0.25) is 4.79 Å². The van der Waals surface area contributed by atoms with Gasteiger partial charge in [0, 0.05) is 22.1 Å². The molecule has 2 aromatic heterocycles. The summed E-state index contributed by atoms with van der Waals surface area (Å²) in [6.07, 6.45) is 1.11. The summed E-state index contributed by atoms with van der Waals surface area (Å²) in [5, 5.41) is 22.8. The van der Waals surface area contributed by atoms with Gasteiger partial charge in [0.05, 0.1) is 29.0 Å². The van der Waals surface area contributed by atoms with E-state index in [9.17, 15) is 15.0 Å². The minimum absolute atomic E-state index is 0.105. The SMILES string of the molecule is C=C1OCc2c(cc3n(c2=O)Cc2c-3nc3ccc(O)c(C(C)C)c3c2CC)[C@@]1(O)CC. The minimum atomic E-state index is -1.40. The number of benzene rings is 1. The number of aromatic nitrogens is 2. The summed E-state index contributed by atoms with van der Waals surface area (Å²) >= 11 is 0. The first-order valence-electron chi connectivity index (χ1n) is 11.2. The molecule has 6 nitrogen and oxygen atoms in total. The molecule has 0 fully saturated rings. The average molecular weight is 433 g/mol. The Morgan fingerprint density at radius 2 is 2.03 bits per heavy atom. The third-order valence-electron chi connectivity index (χ3n) is 7.08. The first-order chi connectivity index (χ1) is 15.2. The van der Waals surface area contributed by atoms with Crippen LogP contribution in [0.5, 0.6) is 5.75 Å². The van der Waals surface area contributed by atoms with E-state index in [1.807, 2.05) is 19.1 Å². The van der Waals surface area contributed by atoms with Gasteiger partial charge in [-0.05, 0) is 42.5 Å². The second-order valence-electron chi connectivity index (χ2n) is 9.06. The number of hydrogen-bond acceptors (Lipinski definition) is 5. The Morgan fingerprint density at radius 3 is 2.69 bits per heavy atom. The van der Waals surface area contributed by atoms with E-state index in [2.05, 4.69) is 27.4 Å². The fourth-order valence-electron chi connectivity index (χ4n) is 5.37. The van der Waals surface area contributed by atoms with Gasteiger partial charge < -0.3 is 19.5 Å². The smallest absolute Gasteiger partial charge is 0.258 e.